The summed E-state index contributed by atoms with van der Waals surface area (Å²) in [7, 11) is 0. The summed E-state index contributed by atoms with van der Waals surface area (Å²) in [5.41, 5.74) is 1.98. The topological polar surface area (TPSA) is 132 Å². The molecule has 0 unspecified atom stereocenters. The molecule has 19 heavy (non-hydrogen) atoms. The summed E-state index contributed by atoms with van der Waals surface area (Å²) in [5, 5.41) is 7.29. The molecule has 1 aliphatic heterocycles. The quantitative estimate of drug-likeness (QED) is 0.262. The fourth-order valence-electron chi connectivity index (χ4n) is 1.56. The summed E-state index contributed by atoms with van der Waals surface area (Å²) in [4.78, 5) is 35.1. The summed E-state index contributed by atoms with van der Waals surface area (Å²) in [6.07, 6.45) is 1.37. The van der Waals surface area contributed by atoms with E-state index in [-0.39, 0.29) is 32.0 Å². The van der Waals surface area contributed by atoms with Crippen molar-refractivity contribution < 1.29 is 19.1 Å². The molecule has 1 aliphatic rings. The van der Waals surface area contributed by atoms with E-state index >= 15 is 0 Å². The van der Waals surface area contributed by atoms with Crippen molar-refractivity contribution in [3.63, 3.8) is 0 Å². The lowest BCUT2D eigenvalue weighted by atomic mass is 10.4. The molecule has 0 aromatic carbocycles. The Morgan fingerprint density at radius 1 is 1.37 bits per heavy atom. The second kappa shape index (κ2) is 5.54. The number of hydrazine groups is 1. The van der Waals surface area contributed by atoms with Gasteiger partial charge in [-0.15, -0.1) is 5.10 Å². The third kappa shape index (κ3) is 2.92. The van der Waals surface area contributed by atoms with E-state index in [4.69, 9.17) is 10.6 Å². The van der Waals surface area contributed by atoms with Gasteiger partial charge in [0.2, 0.25) is 0 Å². The molecule has 0 bridgehead atoms. The summed E-state index contributed by atoms with van der Waals surface area (Å²) in [6.45, 7) is 0.171. The number of nitrogens with two attached hydrogens (primary N) is 1. The molecule has 10 nitrogen and oxygen atoms in total. The van der Waals surface area contributed by atoms with Gasteiger partial charge >= 0.3 is 0 Å². The van der Waals surface area contributed by atoms with Crippen molar-refractivity contribution in [1.29, 1.82) is 0 Å². The molecule has 3 amide bonds. The van der Waals surface area contributed by atoms with Crippen LogP contribution in [0.2, 0.25) is 0 Å². The molecule has 1 aromatic heterocycles. The number of carbonyl (C=O) groups excluding carboxylic acids is 3. The van der Waals surface area contributed by atoms with Crippen molar-refractivity contribution in [1.82, 2.24) is 25.3 Å². The van der Waals surface area contributed by atoms with Crippen molar-refractivity contribution >= 4 is 17.7 Å². The molecule has 10 heteroatoms. The molecule has 1 fully saturated rings. The Hall–Kier alpha value is -2.33. The molecule has 1 aromatic rings. The van der Waals surface area contributed by atoms with Crippen molar-refractivity contribution in [3.8, 4) is 0 Å². The Balaban J connectivity index is 1.94. The van der Waals surface area contributed by atoms with E-state index in [1.807, 2.05) is 5.43 Å². The lowest BCUT2D eigenvalue weighted by Gasteiger charge is -2.24. The van der Waals surface area contributed by atoms with Crippen LogP contribution in [0.15, 0.2) is 6.20 Å². The largest absolute Gasteiger partial charge is 0.362 e. The van der Waals surface area contributed by atoms with Crippen LogP contribution in [0, 0.1) is 0 Å². The Morgan fingerprint density at radius 2 is 2.05 bits per heavy atom. The average molecular weight is 268 g/mol. The zero-order valence-corrected chi connectivity index (χ0v) is 9.90. The number of hydrogen-bond acceptors (Lipinski definition) is 7. The molecule has 2 heterocycles. The van der Waals surface area contributed by atoms with Crippen LogP contribution in [-0.2, 0) is 20.9 Å². The van der Waals surface area contributed by atoms with E-state index in [1.54, 1.807) is 0 Å². The highest BCUT2D eigenvalue weighted by atomic mass is 16.5. The number of amides is 3. The van der Waals surface area contributed by atoms with Crippen LogP contribution in [0.1, 0.15) is 10.5 Å². The summed E-state index contributed by atoms with van der Waals surface area (Å²) < 4.78 is 6.13. The Morgan fingerprint density at radius 3 is 2.68 bits per heavy atom. The molecular formula is C9H12N6O4. The van der Waals surface area contributed by atoms with E-state index in [0.29, 0.717) is 0 Å². The minimum Gasteiger partial charge on any atom is -0.362 e. The summed E-state index contributed by atoms with van der Waals surface area (Å²) in [5.74, 6) is 3.60. The molecule has 1 saturated heterocycles. The second-order valence-corrected chi connectivity index (χ2v) is 3.77. The van der Waals surface area contributed by atoms with Crippen molar-refractivity contribution in [2.45, 2.75) is 6.54 Å². The van der Waals surface area contributed by atoms with Crippen LogP contribution < -0.4 is 11.3 Å². The van der Waals surface area contributed by atoms with Crippen LogP contribution in [-0.4, -0.2) is 57.4 Å². The maximum Gasteiger partial charge on any atom is 0.287 e. The monoisotopic (exact) mass is 268 g/mol. The van der Waals surface area contributed by atoms with Gasteiger partial charge in [0, 0.05) is 6.54 Å². The number of imide groups is 1. The highest BCUT2D eigenvalue weighted by molar-refractivity contribution is 5.98. The van der Waals surface area contributed by atoms with E-state index in [9.17, 15) is 14.4 Å². The Bertz CT molecular complexity index is 497. The number of nitrogens with one attached hydrogen (secondary N) is 1. The lowest BCUT2D eigenvalue weighted by Crippen LogP contribution is -2.47. The number of morpholine rings is 1. The lowest BCUT2D eigenvalue weighted by molar-refractivity contribution is -0.158. The van der Waals surface area contributed by atoms with Gasteiger partial charge in [-0.1, -0.05) is 5.21 Å². The van der Waals surface area contributed by atoms with Gasteiger partial charge in [0.25, 0.3) is 17.7 Å². The first-order valence-corrected chi connectivity index (χ1v) is 5.44. The van der Waals surface area contributed by atoms with Crippen LogP contribution in [0.3, 0.4) is 0 Å². The maximum atomic E-state index is 11.4. The predicted octanol–water partition coefficient (Wildman–Crippen LogP) is -2.73. The third-order valence-corrected chi connectivity index (χ3v) is 2.51. The van der Waals surface area contributed by atoms with Crippen molar-refractivity contribution in [2.24, 2.45) is 5.84 Å². The Labute approximate surface area is 107 Å². The highest BCUT2D eigenvalue weighted by Crippen LogP contribution is 2.01. The van der Waals surface area contributed by atoms with E-state index in [2.05, 4.69) is 10.3 Å². The maximum absolute atomic E-state index is 11.4. The van der Waals surface area contributed by atoms with Crippen LogP contribution >= 0.6 is 0 Å². The molecular weight excluding hydrogens is 256 g/mol. The zero-order chi connectivity index (χ0) is 13.8. The summed E-state index contributed by atoms with van der Waals surface area (Å²) in [6, 6.07) is 0. The van der Waals surface area contributed by atoms with Crippen LogP contribution in [0.4, 0.5) is 0 Å². The first-order valence-electron chi connectivity index (χ1n) is 5.44. The molecule has 102 valence electrons. The van der Waals surface area contributed by atoms with Crippen molar-refractivity contribution in [2.75, 3.05) is 19.8 Å². The van der Waals surface area contributed by atoms with Gasteiger partial charge in [-0.3, -0.25) is 24.7 Å². The smallest absolute Gasteiger partial charge is 0.287 e. The minimum atomic E-state index is -0.565. The van der Waals surface area contributed by atoms with E-state index in [0.717, 1.165) is 4.90 Å². The number of nitrogens with zero attached hydrogens (tertiary/aromatic N) is 4. The van der Waals surface area contributed by atoms with Gasteiger partial charge in [-0.05, 0) is 0 Å². The molecule has 3 N–H and O–H groups in total. The number of aromatic nitrogens is 3. The molecule has 0 radical (unpaired) electrons. The van der Waals surface area contributed by atoms with Gasteiger partial charge in [0.15, 0.2) is 5.69 Å². The average Bonchev–Trinajstić information content (AvgIpc) is 2.86. The van der Waals surface area contributed by atoms with Gasteiger partial charge in [0.05, 0.1) is 12.7 Å². The molecule has 2 rings (SSSR count). The van der Waals surface area contributed by atoms with Gasteiger partial charge < -0.3 is 4.74 Å². The van der Waals surface area contributed by atoms with Crippen LogP contribution in [0.25, 0.3) is 0 Å². The summed E-state index contributed by atoms with van der Waals surface area (Å²) >= 11 is 0. The molecule has 0 saturated carbocycles. The second-order valence-electron chi connectivity index (χ2n) is 3.77. The fourth-order valence-corrected chi connectivity index (χ4v) is 1.56. The minimum absolute atomic E-state index is 0.0575. The highest BCUT2D eigenvalue weighted by Gasteiger charge is 2.26. The van der Waals surface area contributed by atoms with E-state index in [1.165, 1.54) is 10.9 Å². The molecule has 0 aliphatic carbocycles. The fraction of sp³-hybridized carbons (Fsp3) is 0.444. The normalized spacial score (nSPS) is 15.7. The van der Waals surface area contributed by atoms with E-state index < -0.39 is 17.7 Å². The standard InChI is InChI=1S/C9H12N6O4/c10-11-9(18)6-3-14(13-12-6)1-2-15-7(16)4-19-5-8(15)17/h3H,1-2,4-5,10H2,(H,11,18). The number of hydrogen-bond donors (Lipinski definition) is 2. The number of carbonyl (C=O) groups is 3. The predicted molar refractivity (Wildman–Crippen MR) is 59.2 cm³/mol. The zero-order valence-electron chi connectivity index (χ0n) is 9.90. The number of nitrogen functional groups attached to an aromatic ring is 1. The Kier molecular flexibility index (Phi) is 3.82. The van der Waals surface area contributed by atoms with Gasteiger partial charge in [-0.25, -0.2) is 10.5 Å². The van der Waals surface area contributed by atoms with Crippen LogP contribution in [0.5, 0.6) is 0 Å². The number of rotatable bonds is 4. The number of ether oxygens (including phenoxy) is 1. The third-order valence-electron chi connectivity index (χ3n) is 2.51. The van der Waals surface area contributed by atoms with Gasteiger partial charge in [-0.2, -0.15) is 0 Å². The first kappa shape index (κ1) is 13.1. The molecule has 0 atom stereocenters. The SMILES string of the molecule is NNC(=O)c1cn(CCN2C(=O)COCC2=O)nn1. The van der Waals surface area contributed by atoms with Crippen molar-refractivity contribution in [3.05, 3.63) is 11.9 Å². The molecule has 0 spiro atoms. The van der Waals surface area contributed by atoms with Gasteiger partial charge in [0.1, 0.15) is 13.2 Å². The first-order chi connectivity index (χ1) is 9.11.